The molecule has 1 fully saturated rings. The molecule has 0 aromatic heterocycles. The zero-order valence-electron chi connectivity index (χ0n) is 14.4. The largest absolute Gasteiger partial charge is 0.477 e. The summed E-state index contributed by atoms with van der Waals surface area (Å²) >= 11 is 1.42. The molecule has 2 aliphatic heterocycles. The van der Waals surface area contributed by atoms with Crippen LogP contribution in [0.2, 0.25) is 0 Å². The van der Waals surface area contributed by atoms with Crippen molar-refractivity contribution in [3.05, 3.63) is 10.6 Å². The Morgan fingerprint density at radius 3 is 2.75 bits per heavy atom. The molecule has 2 heterocycles. The highest BCUT2D eigenvalue weighted by molar-refractivity contribution is 8.03. The van der Waals surface area contributed by atoms with Gasteiger partial charge in [0.05, 0.1) is 30.9 Å². The third-order valence-corrected chi connectivity index (χ3v) is 5.07. The minimum Gasteiger partial charge on any atom is -0.477 e. The fraction of sp³-hybridized carbons (Fsp3) is 0.688. The molecule has 0 radical (unpaired) electrons. The highest BCUT2D eigenvalue weighted by Gasteiger charge is 2.56. The Morgan fingerprint density at radius 1 is 1.54 bits per heavy atom. The third-order valence-electron chi connectivity index (χ3n) is 3.98. The van der Waals surface area contributed by atoms with Crippen molar-refractivity contribution in [2.45, 2.75) is 51.8 Å². The van der Waals surface area contributed by atoms with Gasteiger partial charge in [-0.1, -0.05) is 0 Å². The number of amides is 1. The summed E-state index contributed by atoms with van der Waals surface area (Å²) in [5, 5.41) is 22.2. The van der Waals surface area contributed by atoms with Crippen molar-refractivity contribution < 1.29 is 19.8 Å². The molecule has 7 nitrogen and oxygen atoms in total. The molecule has 3 atom stereocenters. The number of hydrogen-bond acceptors (Lipinski definition) is 5. The van der Waals surface area contributed by atoms with Crippen LogP contribution in [-0.2, 0) is 9.59 Å². The highest BCUT2D eigenvalue weighted by Crippen LogP contribution is 2.46. The summed E-state index contributed by atoms with van der Waals surface area (Å²) in [6, 6.07) is -0.225. The second-order valence-electron chi connectivity index (χ2n) is 7.10. The van der Waals surface area contributed by atoms with E-state index in [1.54, 1.807) is 13.3 Å². The van der Waals surface area contributed by atoms with Gasteiger partial charge in [-0.2, -0.15) is 0 Å². The van der Waals surface area contributed by atoms with Crippen molar-refractivity contribution in [1.82, 2.24) is 10.2 Å². The minimum atomic E-state index is -1.09. The molecule has 24 heavy (non-hydrogen) atoms. The van der Waals surface area contributed by atoms with E-state index in [0.717, 1.165) is 0 Å². The molecule has 3 N–H and O–H groups in total. The molecule has 1 saturated heterocycles. The van der Waals surface area contributed by atoms with Crippen LogP contribution >= 0.6 is 11.8 Å². The van der Waals surface area contributed by atoms with Gasteiger partial charge in [-0.25, -0.2) is 4.79 Å². The van der Waals surface area contributed by atoms with Crippen LogP contribution in [0.5, 0.6) is 0 Å². The van der Waals surface area contributed by atoms with Crippen molar-refractivity contribution in [3.8, 4) is 0 Å². The number of thioether (sulfide) groups is 1. The number of aliphatic imine (C=N–C) groups is 1. The van der Waals surface area contributed by atoms with Crippen molar-refractivity contribution in [2.75, 3.05) is 12.3 Å². The van der Waals surface area contributed by atoms with Gasteiger partial charge in [-0.05, 0) is 27.7 Å². The lowest BCUT2D eigenvalue weighted by Gasteiger charge is -2.44. The Kier molecular flexibility index (Phi) is 5.59. The van der Waals surface area contributed by atoms with Crippen LogP contribution in [0.1, 0.15) is 34.1 Å². The average Bonchev–Trinajstić information content (AvgIpc) is 2.75. The quantitative estimate of drug-likeness (QED) is 0.273. The summed E-state index contributed by atoms with van der Waals surface area (Å²) in [5.41, 5.74) is 0.0351. The van der Waals surface area contributed by atoms with E-state index in [4.69, 9.17) is 0 Å². The molecule has 2 aliphatic rings. The number of rotatable bonds is 7. The smallest absolute Gasteiger partial charge is 0.353 e. The molecule has 0 aromatic rings. The van der Waals surface area contributed by atoms with Crippen LogP contribution in [0.15, 0.2) is 15.6 Å². The molecular weight excluding hydrogens is 330 g/mol. The topological polar surface area (TPSA) is 102 Å². The summed E-state index contributed by atoms with van der Waals surface area (Å²) in [6.45, 7) is 8.24. The number of aliphatic hydroxyl groups excluding tert-OH is 1. The second kappa shape index (κ2) is 7.14. The Morgan fingerprint density at radius 2 is 2.21 bits per heavy atom. The van der Waals surface area contributed by atoms with Gasteiger partial charge in [0.15, 0.2) is 0 Å². The number of carboxylic acids is 1. The van der Waals surface area contributed by atoms with Crippen LogP contribution in [0.3, 0.4) is 0 Å². The number of nitrogens with zero attached hydrogens (tertiary/aromatic N) is 2. The minimum absolute atomic E-state index is 0.0378. The van der Waals surface area contributed by atoms with E-state index in [9.17, 15) is 19.8 Å². The lowest BCUT2D eigenvalue weighted by atomic mass is 9.83. The molecule has 0 spiro atoms. The summed E-state index contributed by atoms with van der Waals surface area (Å²) < 4.78 is 0. The molecular formula is C16H25N3O4S. The molecule has 0 bridgehead atoms. The average molecular weight is 355 g/mol. The summed E-state index contributed by atoms with van der Waals surface area (Å²) in [7, 11) is 0. The zero-order valence-corrected chi connectivity index (χ0v) is 15.3. The van der Waals surface area contributed by atoms with Crippen molar-refractivity contribution in [1.29, 1.82) is 0 Å². The van der Waals surface area contributed by atoms with Crippen LogP contribution in [0.4, 0.5) is 0 Å². The first-order valence-corrected chi connectivity index (χ1v) is 8.98. The second-order valence-corrected chi connectivity index (χ2v) is 8.29. The van der Waals surface area contributed by atoms with Crippen molar-refractivity contribution in [2.24, 2.45) is 10.9 Å². The van der Waals surface area contributed by atoms with Gasteiger partial charge in [0.2, 0.25) is 5.91 Å². The number of aliphatic carboxylic acids is 1. The van der Waals surface area contributed by atoms with Gasteiger partial charge in [0.25, 0.3) is 0 Å². The normalized spacial score (nSPS) is 25.0. The van der Waals surface area contributed by atoms with Crippen molar-refractivity contribution in [3.63, 3.8) is 0 Å². The number of aliphatic hydroxyl groups is 1. The Bertz CT molecular complexity index is 580. The van der Waals surface area contributed by atoms with Gasteiger partial charge in [-0.15, -0.1) is 11.8 Å². The van der Waals surface area contributed by atoms with E-state index in [1.165, 1.54) is 16.7 Å². The first kappa shape index (κ1) is 18.8. The predicted octanol–water partition coefficient (Wildman–Crippen LogP) is 1.04. The predicted molar refractivity (Wildman–Crippen MR) is 93.8 cm³/mol. The molecule has 0 aromatic carbocycles. The summed E-state index contributed by atoms with van der Waals surface area (Å²) in [4.78, 5) is 29.9. The SMILES string of the molecule is C[C@@H](O)[C@H]1C(=O)N2C(C(=O)O)=C(SCCN=CNC(C)(C)C)C[C@H]12. The van der Waals surface area contributed by atoms with Gasteiger partial charge >= 0.3 is 5.97 Å². The van der Waals surface area contributed by atoms with Gasteiger partial charge in [-0.3, -0.25) is 9.79 Å². The first-order valence-electron chi connectivity index (χ1n) is 8.00. The van der Waals surface area contributed by atoms with Crippen molar-refractivity contribution >= 4 is 30.0 Å². The third kappa shape index (κ3) is 3.92. The fourth-order valence-corrected chi connectivity index (χ4v) is 3.94. The molecule has 0 saturated carbocycles. The summed E-state index contributed by atoms with van der Waals surface area (Å²) in [5.74, 6) is -1.24. The van der Waals surface area contributed by atoms with E-state index in [1.807, 2.05) is 20.8 Å². The lowest BCUT2D eigenvalue weighted by molar-refractivity contribution is -0.161. The number of β-lactam (4-membered cyclic amide) rings is 1. The number of fused-ring (bicyclic) bond motifs is 1. The molecule has 2 rings (SSSR count). The first-order chi connectivity index (χ1) is 11.1. The van der Waals surface area contributed by atoms with E-state index in [0.29, 0.717) is 23.6 Å². The lowest BCUT2D eigenvalue weighted by Crippen LogP contribution is -2.61. The van der Waals surface area contributed by atoms with Gasteiger partial charge < -0.3 is 20.4 Å². The van der Waals surface area contributed by atoms with E-state index in [2.05, 4.69) is 10.3 Å². The number of hydrogen-bond donors (Lipinski definition) is 3. The molecule has 0 unspecified atom stereocenters. The number of carboxylic acid groups (broad SMARTS) is 1. The van der Waals surface area contributed by atoms with Gasteiger partial charge in [0.1, 0.15) is 5.70 Å². The maximum absolute atomic E-state index is 12.1. The molecule has 8 heteroatoms. The van der Waals surface area contributed by atoms with Crippen LogP contribution in [0, 0.1) is 5.92 Å². The fourth-order valence-electron chi connectivity index (χ4n) is 2.89. The number of carbonyl (C=O) groups excluding carboxylic acids is 1. The maximum Gasteiger partial charge on any atom is 0.353 e. The summed E-state index contributed by atoms with van der Waals surface area (Å²) in [6.07, 6.45) is 1.41. The Balaban J connectivity index is 1.93. The Labute approximate surface area is 146 Å². The van der Waals surface area contributed by atoms with E-state index in [-0.39, 0.29) is 23.2 Å². The standard InChI is InChI=1S/C16H25N3O4S/c1-9(20)12-10-7-11(13(15(22)23)19(10)14(12)21)24-6-5-17-8-18-16(2,3)4/h8-10,12,20H,5-7H2,1-4H3,(H,17,18)(H,22,23)/t9-,10-,12-/m1/s1. The van der Waals surface area contributed by atoms with Crippen LogP contribution in [-0.4, -0.2) is 63.3 Å². The molecule has 134 valence electrons. The van der Waals surface area contributed by atoms with E-state index < -0.39 is 18.0 Å². The van der Waals surface area contributed by atoms with E-state index >= 15 is 0 Å². The zero-order chi connectivity index (χ0) is 18.1. The van der Waals surface area contributed by atoms with Crippen LogP contribution < -0.4 is 5.32 Å². The monoisotopic (exact) mass is 355 g/mol. The van der Waals surface area contributed by atoms with Crippen LogP contribution in [0.25, 0.3) is 0 Å². The molecule has 1 amide bonds. The number of nitrogens with one attached hydrogen (secondary N) is 1. The molecule has 0 aliphatic carbocycles. The highest BCUT2D eigenvalue weighted by atomic mass is 32.2. The maximum atomic E-state index is 12.1. The Hall–Kier alpha value is -1.54. The number of carbonyl (C=O) groups is 2. The van der Waals surface area contributed by atoms with Gasteiger partial charge in [0, 0.05) is 22.6 Å².